The number of aromatic nitrogens is 2. The van der Waals surface area contributed by atoms with E-state index in [1.807, 2.05) is 0 Å². The van der Waals surface area contributed by atoms with Crippen LogP contribution in [-0.4, -0.2) is 47.2 Å². The van der Waals surface area contributed by atoms with Crippen molar-refractivity contribution in [3.8, 4) is 0 Å². The van der Waals surface area contributed by atoms with Crippen LogP contribution >= 0.6 is 0 Å². The number of rotatable bonds is 8. The molecule has 1 aromatic heterocycles. The maximum absolute atomic E-state index is 13.0. The highest BCUT2D eigenvalue weighted by atomic mass is 19.1. The summed E-state index contributed by atoms with van der Waals surface area (Å²) in [4.78, 5) is 38.3. The van der Waals surface area contributed by atoms with Gasteiger partial charge in [0.15, 0.2) is 5.82 Å². The van der Waals surface area contributed by atoms with Gasteiger partial charge in [-0.3, -0.25) is 19.0 Å². The van der Waals surface area contributed by atoms with Crippen molar-refractivity contribution in [2.45, 2.75) is 26.0 Å². The SMILES string of the molecule is Cc1cnc(NCCc2ccc(F)cc2)c(=O)n1CC(=O)NCC1CN=C(N)NO1. The van der Waals surface area contributed by atoms with Gasteiger partial charge in [-0.2, -0.15) is 0 Å². The van der Waals surface area contributed by atoms with Crippen LogP contribution < -0.4 is 27.4 Å². The number of hydroxylamine groups is 1. The van der Waals surface area contributed by atoms with Gasteiger partial charge < -0.3 is 16.4 Å². The minimum Gasteiger partial charge on any atom is -0.368 e. The molecular weight excluding hydrogens is 393 g/mol. The predicted molar refractivity (Wildman–Crippen MR) is 109 cm³/mol. The summed E-state index contributed by atoms with van der Waals surface area (Å²) >= 11 is 0. The van der Waals surface area contributed by atoms with Crippen LogP contribution in [0.1, 0.15) is 11.3 Å². The number of hydrogen-bond acceptors (Lipinski definition) is 8. The highest BCUT2D eigenvalue weighted by Crippen LogP contribution is 2.05. The van der Waals surface area contributed by atoms with E-state index in [1.165, 1.54) is 22.9 Å². The fraction of sp³-hybridized carbons (Fsp3) is 0.368. The molecule has 5 N–H and O–H groups in total. The van der Waals surface area contributed by atoms with Gasteiger partial charge in [-0.25, -0.2) is 19.8 Å². The molecule has 1 unspecified atom stereocenters. The topological polar surface area (TPSA) is 136 Å². The quantitative estimate of drug-likeness (QED) is 0.462. The van der Waals surface area contributed by atoms with Crippen molar-refractivity contribution in [1.82, 2.24) is 20.3 Å². The third kappa shape index (κ3) is 5.77. The van der Waals surface area contributed by atoms with Crippen molar-refractivity contribution in [1.29, 1.82) is 0 Å². The Balaban J connectivity index is 1.55. The van der Waals surface area contributed by atoms with Gasteiger partial charge in [0, 0.05) is 25.0 Å². The summed E-state index contributed by atoms with van der Waals surface area (Å²) < 4.78 is 14.3. The van der Waals surface area contributed by atoms with Gasteiger partial charge in [-0.1, -0.05) is 12.1 Å². The first kappa shape index (κ1) is 21.2. The Bertz CT molecular complexity index is 975. The fourth-order valence-electron chi connectivity index (χ4n) is 2.81. The van der Waals surface area contributed by atoms with Crippen LogP contribution in [0.25, 0.3) is 0 Å². The van der Waals surface area contributed by atoms with Gasteiger partial charge in [-0.15, -0.1) is 0 Å². The summed E-state index contributed by atoms with van der Waals surface area (Å²) in [5.74, 6) is -0.290. The Labute approximate surface area is 172 Å². The van der Waals surface area contributed by atoms with Crippen LogP contribution in [-0.2, 0) is 22.6 Å². The van der Waals surface area contributed by atoms with Crippen LogP contribution in [0.15, 0.2) is 40.2 Å². The lowest BCUT2D eigenvalue weighted by Gasteiger charge is -2.21. The minimum atomic E-state index is -0.391. The number of guanidine groups is 1. The number of hydrogen-bond donors (Lipinski definition) is 4. The van der Waals surface area contributed by atoms with Crippen molar-refractivity contribution in [3.05, 3.63) is 57.9 Å². The van der Waals surface area contributed by atoms with E-state index in [4.69, 9.17) is 10.6 Å². The average molecular weight is 417 g/mol. The van der Waals surface area contributed by atoms with Crippen molar-refractivity contribution in [2.75, 3.05) is 25.0 Å². The molecule has 30 heavy (non-hydrogen) atoms. The maximum atomic E-state index is 13.0. The Morgan fingerprint density at radius 2 is 2.17 bits per heavy atom. The lowest BCUT2D eigenvalue weighted by Crippen LogP contribution is -2.46. The first-order chi connectivity index (χ1) is 14.4. The van der Waals surface area contributed by atoms with Gasteiger partial charge >= 0.3 is 0 Å². The number of carbonyl (C=O) groups is 1. The minimum absolute atomic E-state index is 0.147. The number of aryl methyl sites for hydroxylation is 1. The van der Waals surface area contributed by atoms with Gasteiger partial charge in [0.05, 0.1) is 6.54 Å². The zero-order valence-electron chi connectivity index (χ0n) is 16.5. The highest BCUT2D eigenvalue weighted by Gasteiger charge is 2.17. The molecule has 1 aromatic carbocycles. The first-order valence-corrected chi connectivity index (χ1v) is 9.45. The molecule has 0 fully saturated rings. The lowest BCUT2D eigenvalue weighted by molar-refractivity contribution is -0.122. The van der Waals surface area contributed by atoms with E-state index in [1.54, 1.807) is 19.1 Å². The molecule has 0 aliphatic carbocycles. The Morgan fingerprint density at radius 1 is 1.40 bits per heavy atom. The molecule has 2 heterocycles. The third-order valence-corrected chi connectivity index (χ3v) is 4.50. The molecule has 1 aliphatic rings. The van der Waals surface area contributed by atoms with Gasteiger partial charge in [0.25, 0.3) is 5.56 Å². The molecule has 0 spiro atoms. The molecule has 1 aliphatic heterocycles. The summed E-state index contributed by atoms with van der Waals surface area (Å²) in [6.45, 7) is 2.56. The normalized spacial score (nSPS) is 15.8. The average Bonchev–Trinajstić information content (AvgIpc) is 2.74. The summed E-state index contributed by atoms with van der Waals surface area (Å²) in [5, 5.41) is 5.69. The van der Waals surface area contributed by atoms with Gasteiger partial charge in [0.2, 0.25) is 11.9 Å². The van der Waals surface area contributed by atoms with Crippen molar-refractivity contribution >= 4 is 17.7 Å². The highest BCUT2D eigenvalue weighted by molar-refractivity contribution is 5.77. The number of nitrogens with one attached hydrogen (secondary N) is 3. The number of carbonyl (C=O) groups excluding carboxylic acids is 1. The predicted octanol–water partition coefficient (Wildman–Crippen LogP) is -0.320. The Kier molecular flexibility index (Phi) is 6.96. The maximum Gasteiger partial charge on any atom is 0.293 e. The van der Waals surface area contributed by atoms with E-state index in [2.05, 4.69) is 26.1 Å². The first-order valence-electron chi connectivity index (χ1n) is 9.45. The van der Waals surface area contributed by atoms with E-state index in [0.29, 0.717) is 25.2 Å². The zero-order chi connectivity index (χ0) is 21.5. The second-order valence-corrected chi connectivity index (χ2v) is 6.81. The van der Waals surface area contributed by atoms with E-state index >= 15 is 0 Å². The van der Waals surface area contributed by atoms with E-state index < -0.39 is 5.56 Å². The van der Waals surface area contributed by atoms with Crippen molar-refractivity contribution in [2.24, 2.45) is 10.7 Å². The summed E-state index contributed by atoms with van der Waals surface area (Å²) in [6, 6.07) is 6.16. The van der Waals surface area contributed by atoms with Crippen LogP contribution in [0.5, 0.6) is 0 Å². The van der Waals surface area contributed by atoms with Crippen molar-refractivity contribution in [3.63, 3.8) is 0 Å². The van der Waals surface area contributed by atoms with Crippen LogP contribution in [0.2, 0.25) is 0 Å². The molecule has 0 radical (unpaired) electrons. The Hall–Kier alpha value is -3.47. The number of aliphatic imine (C=N–C) groups is 1. The van der Waals surface area contributed by atoms with Crippen LogP contribution in [0, 0.1) is 12.7 Å². The largest absolute Gasteiger partial charge is 0.368 e. The molecule has 10 nitrogen and oxygen atoms in total. The van der Waals surface area contributed by atoms with Crippen LogP contribution in [0.3, 0.4) is 0 Å². The van der Waals surface area contributed by atoms with Gasteiger partial charge in [0.1, 0.15) is 18.5 Å². The number of nitrogens with zero attached hydrogens (tertiary/aromatic N) is 3. The second kappa shape index (κ2) is 9.83. The molecular formula is C19H24FN7O3. The molecule has 0 saturated heterocycles. The molecule has 1 atom stereocenters. The molecule has 11 heteroatoms. The zero-order valence-corrected chi connectivity index (χ0v) is 16.5. The second-order valence-electron chi connectivity index (χ2n) is 6.81. The van der Waals surface area contributed by atoms with E-state index in [0.717, 1.165) is 5.56 Å². The van der Waals surface area contributed by atoms with E-state index in [-0.39, 0.29) is 42.7 Å². The molecule has 0 saturated carbocycles. The monoisotopic (exact) mass is 417 g/mol. The molecule has 2 aromatic rings. The van der Waals surface area contributed by atoms with Crippen molar-refractivity contribution < 1.29 is 14.0 Å². The smallest absolute Gasteiger partial charge is 0.293 e. The van der Waals surface area contributed by atoms with Gasteiger partial charge in [-0.05, 0) is 31.0 Å². The number of benzene rings is 1. The van der Waals surface area contributed by atoms with Crippen LogP contribution in [0.4, 0.5) is 10.2 Å². The summed E-state index contributed by atoms with van der Waals surface area (Å²) in [7, 11) is 0. The number of halogens is 1. The number of nitrogens with two attached hydrogens (primary N) is 1. The number of amides is 1. The lowest BCUT2D eigenvalue weighted by atomic mass is 10.1. The standard InChI is InChI=1S/C19H24FN7O3/c1-12-8-24-17(22-7-6-13-2-4-14(20)5-3-13)18(29)27(12)11-16(28)23-9-15-10-25-19(21)26-30-15/h2-5,8,15H,6-7,9-11H2,1H3,(H,22,24)(H,23,28)(H3,21,25,26). The number of anilines is 1. The molecule has 0 bridgehead atoms. The molecule has 160 valence electrons. The fourth-order valence-corrected chi connectivity index (χ4v) is 2.81. The summed E-state index contributed by atoms with van der Waals surface area (Å²) in [5.41, 5.74) is 8.99. The van der Waals surface area contributed by atoms with E-state index in [9.17, 15) is 14.0 Å². The third-order valence-electron chi connectivity index (χ3n) is 4.50. The Morgan fingerprint density at radius 3 is 2.87 bits per heavy atom. The molecule has 3 rings (SSSR count). The summed E-state index contributed by atoms with van der Waals surface area (Å²) in [6.07, 6.45) is 1.78. The molecule has 1 amide bonds.